The van der Waals surface area contributed by atoms with Gasteiger partial charge in [-0.15, -0.1) is 0 Å². The molecule has 0 rings (SSSR count). The minimum atomic E-state index is -0.408. The first kappa shape index (κ1) is 25.9. The molecule has 0 saturated carbocycles. The highest BCUT2D eigenvalue weighted by Gasteiger charge is 2.18. The van der Waals surface area contributed by atoms with Crippen LogP contribution in [0.1, 0.15) is 123 Å². The van der Waals surface area contributed by atoms with Crippen molar-refractivity contribution in [1.82, 2.24) is 0 Å². The van der Waals surface area contributed by atoms with Crippen molar-refractivity contribution in [1.29, 1.82) is 0 Å². The van der Waals surface area contributed by atoms with E-state index in [1.165, 1.54) is 77.0 Å². The van der Waals surface area contributed by atoms with E-state index >= 15 is 0 Å². The molecule has 0 radical (unpaired) electrons. The van der Waals surface area contributed by atoms with Crippen molar-refractivity contribution in [3.8, 4) is 0 Å². The van der Waals surface area contributed by atoms with Gasteiger partial charge >= 0.3 is 5.97 Å². The molecule has 0 aromatic carbocycles. The highest BCUT2D eigenvalue weighted by molar-refractivity contribution is 7.09. The minimum Gasteiger partial charge on any atom is -0.464 e. The van der Waals surface area contributed by atoms with Crippen LogP contribution in [0.3, 0.4) is 0 Å². The van der Waals surface area contributed by atoms with Gasteiger partial charge < -0.3 is 9.26 Å². The van der Waals surface area contributed by atoms with Crippen molar-refractivity contribution in [2.45, 2.75) is 129 Å². The molecule has 0 aromatic rings. The SMILES string of the molecule is CCCCCCCCCCCCCCOC(=O)C(CCCCCC)OP. The second kappa shape index (κ2) is 21.2. The quantitative estimate of drug-likeness (QED) is 0.124. The van der Waals surface area contributed by atoms with Crippen LogP contribution in [0.4, 0.5) is 0 Å². The van der Waals surface area contributed by atoms with E-state index in [0.29, 0.717) is 6.61 Å². The van der Waals surface area contributed by atoms with Crippen LogP contribution in [0, 0.1) is 0 Å². The largest absolute Gasteiger partial charge is 0.464 e. The Morgan fingerprint density at radius 2 is 1.12 bits per heavy atom. The molecule has 0 fully saturated rings. The van der Waals surface area contributed by atoms with Gasteiger partial charge in [0.1, 0.15) is 0 Å². The molecule has 3 nitrogen and oxygen atoms in total. The molecule has 156 valence electrons. The summed E-state index contributed by atoms with van der Waals surface area (Å²) in [4.78, 5) is 12.0. The zero-order chi connectivity index (χ0) is 19.3. The van der Waals surface area contributed by atoms with E-state index in [-0.39, 0.29) is 5.97 Å². The zero-order valence-corrected chi connectivity index (χ0v) is 18.8. The lowest BCUT2D eigenvalue weighted by Gasteiger charge is -2.14. The van der Waals surface area contributed by atoms with Crippen LogP contribution >= 0.6 is 9.47 Å². The zero-order valence-electron chi connectivity index (χ0n) is 17.6. The number of carbonyl (C=O) groups is 1. The van der Waals surface area contributed by atoms with E-state index in [2.05, 4.69) is 23.3 Å². The van der Waals surface area contributed by atoms with Crippen LogP contribution in [0.2, 0.25) is 0 Å². The Balaban J connectivity index is 3.38. The topological polar surface area (TPSA) is 35.5 Å². The number of hydrogen-bond acceptors (Lipinski definition) is 3. The van der Waals surface area contributed by atoms with Crippen molar-refractivity contribution in [2.75, 3.05) is 6.61 Å². The third kappa shape index (κ3) is 17.3. The van der Waals surface area contributed by atoms with Crippen molar-refractivity contribution < 1.29 is 14.1 Å². The molecule has 0 amide bonds. The van der Waals surface area contributed by atoms with E-state index in [9.17, 15) is 4.79 Å². The lowest BCUT2D eigenvalue weighted by molar-refractivity contribution is -0.151. The maximum absolute atomic E-state index is 12.0. The summed E-state index contributed by atoms with van der Waals surface area (Å²) in [6, 6.07) is 0. The van der Waals surface area contributed by atoms with Crippen LogP contribution in [0.5, 0.6) is 0 Å². The second-order valence-corrected chi connectivity index (χ2v) is 7.80. The molecule has 0 spiro atoms. The first-order valence-corrected chi connectivity index (χ1v) is 11.8. The van der Waals surface area contributed by atoms with Gasteiger partial charge in [0.2, 0.25) is 0 Å². The maximum atomic E-state index is 12.0. The summed E-state index contributed by atoms with van der Waals surface area (Å²) < 4.78 is 10.6. The third-order valence-corrected chi connectivity index (χ3v) is 5.32. The minimum absolute atomic E-state index is 0.195. The normalized spacial score (nSPS) is 12.3. The molecular formula is C22H45O3P. The van der Waals surface area contributed by atoms with Crippen LogP contribution in [-0.2, 0) is 14.1 Å². The predicted octanol–water partition coefficient (Wildman–Crippen LogP) is 7.38. The summed E-state index contributed by atoms with van der Waals surface area (Å²) in [5, 5.41) is 0. The standard InChI is InChI=1S/C22H45O3P/c1-3-5-7-9-10-11-12-13-14-15-16-18-20-24-22(23)21(25-26)19-17-8-6-4-2/h21H,3-20,26H2,1-2H3. The Bertz CT molecular complexity index is 297. The molecule has 0 aliphatic heterocycles. The summed E-state index contributed by atoms with van der Waals surface area (Å²) >= 11 is 0. The van der Waals surface area contributed by atoms with Gasteiger partial charge in [0.15, 0.2) is 6.10 Å². The van der Waals surface area contributed by atoms with E-state index < -0.39 is 6.10 Å². The van der Waals surface area contributed by atoms with E-state index in [0.717, 1.165) is 32.1 Å². The summed E-state index contributed by atoms with van der Waals surface area (Å²) in [6.45, 7) is 4.99. The van der Waals surface area contributed by atoms with E-state index in [1.807, 2.05) is 0 Å². The number of unbranched alkanes of at least 4 members (excludes halogenated alkanes) is 14. The summed E-state index contributed by atoms with van der Waals surface area (Å²) in [7, 11) is 2.21. The molecule has 0 aliphatic rings. The van der Waals surface area contributed by atoms with Crippen LogP contribution in [0.25, 0.3) is 0 Å². The van der Waals surface area contributed by atoms with Crippen LogP contribution < -0.4 is 0 Å². The smallest absolute Gasteiger partial charge is 0.335 e. The maximum Gasteiger partial charge on any atom is 0.335 e. The van der Waals surface area contributed by atoms with Gasteiger partial charge in [-0.1, -0.05) is 110 Å². The van der Waals surface area contributed by atoms with Crippen molar-refractivity contribution in [2.24, 2.45) is 0 Å². The van der Waals surface area contributed by atoms with Gasteiger partial charge in [-0.2, -0.15) is 0 Å². The molecule has 4 heteroatoms. The first-order chi connectivity index (χ1) is 12.8. The second-order valence-electron chi connectivity index (χ2n) is 7.53. The highest BCUT2D eigenvalue weighted by atomic mass is 31.0. The Kier molecular flexibility index (Phi) is 21.0. The number of carbonyl (C=O) groups excluding carboxylic acids is 1. The van der Waals surface area contributed by atoms with Gasteiger partial charge in [-0.05, 0) is 12.8 Å². The van der Waals surface area contributed by atoms with Crippen molar-refractivity contribution in [3.05, 3.63) is 0 Å². The Labute approximate surface area is 165 Å². The molecule has 2 unspecified atom stereocenters. The molecule has 0 aromatic heterocycles. The van der Waals surface area contributed by atoms with E-state index in [4.69, 9.17) is 9.26 Å². The molecule has 26 heavy (non-hydrogen) atoms. The highest BCUT2D eigenvalue weighted by Crippen LogP contribution is 2.14. The Hall–Kier alpha value is -0.140. The van der Waals surface area contributed by atoms with Gasteiger partial charge in [0, 0.05) is 9.47 Å². The molecule has 0 saturated heterocycles. The summed E-state index contributed by atoms with van der Waals surface area (Å²) in [5.41, 5.74) is 0. The van der Waals surface area contributed by atoms with E-state index in [1.54, 1.807) is 0 Å². The fourth-order valence-electron chi connectivity index (χ4n) is 3.21. The number of ether oxygens (including phenoxy) is 1. The van der Waals surface area contributed by atoms with Gasteiger partial charge in [0.25, 0.3) is 0 Å². The van der Waals surface area contributed by atoms with Crippen molar-refractivity contribution in [3.63, 3.8) is 0 Å². The summed E-state index contributed by atoms with van der Waals surface area (Å²) in [5.74, 6) is -0.195. The van der Waals surface area contributed by atoms with Crippen molar-refractivity contribution >= 4 is 15.4 Å². The molecule has 0 bridgehead atoms. The van der Waals surface area contributed by atoms with Gasteiger partial charge in [-0.25, -0.2) is 4.79 Å². The lowest BCUT2D eigenvalue weighted by atomic mass is 10.1. The van der Waals surface area contributed by atoms with Crippen LogP contribution in [-0.4, -0.2) is 18.7 Å². The molecule has 0 heterocycles. The fraction of sp³-hybridized carbons (Fsp3) is 0.955. The molecule has 0 N–H and O–H groups in total. The lowest BCUT2D eigenvalue weighted by Crippen LogP contribution is -2.24. The van der Waals surface area contributed by atoms with Crippen LogP contribution in [0.15, 0.2) is 0 Å². The summed E-state index contributed by atoms with van der Waals surface area (Å²) in [6.07, 6.45) is 20.8. The molecule has 0 aliphatic carbocycles. The fourth-order valence-corrected chi connectivity index (χ4v) is 3.45. The Morgan fingerprint density at radius 1 is 0.692 bits per heavy atom. The average molecular weight is 389 g/mol. The Morgan fingerprint density at radius 3 is 1.58 bits per heavy atom. The molecule has 2 atom stereocenters. The van der Waals surface area contributed by atoms with Gasteiger partial charge in [-0.3, -0.25) is 0 Å². The average Bonchev–Trinajstić information content (AvgIpc) is 2.65. The third-order valence-electron chi connectivity index (χ3n) is 4.99. The predicted molar refractivity (Wildman–Crippen MR) is 115 cm³/mol. The monoisotopic (exact) mass is 388 g/mol. The molecular weight excluding hydrogens is 343 g/mol. The number of rotatable bonds is 20. The number of esters is 1. The first-order valence-electron chi connectivity index (χ1n) is 11.3. The number of hydrogen-bond donors (Lipinski definition) is 0. The van der Waals surface area contributed by atoms with Gasteiger partial charge in [0.05, 0.1) is 6.61 Å².